The van der Waals surface area contributed by atoms with E-state index in [0.29, 0.717) is 0 Å². The molecule has 2 rings (SSSR count). The molecule has 0 aromatic heterocycles. The molecule has 1 saturated carbocycles. The molecule has 0 aromatic rings. The predicted octanol–water partition coefficient (Wildman–Crippen LogP) is 5.43. The first-order valence-electron chi connectivity index (χ1n) is 6.95. The van der Waals surface area contributed by atoms with Crippen LogP contribution in [0.25, 0.3) is 0 Å². The Hall–Kier alpha value is -0.990. The molecule has 19 heavy (non-hydrogen) atoms. The number of hydrogen-bond acceptors (Lipinski definition) is 0. The lowest BCUT2D eigenvalue weighted by Crippen LogP contribution is -2.33. The van der Waals surface area contributed by atoms with Gasteiger partial charge in [0.25, 0.3) is 0 Å². The van der Waals surface area contributed by atoms with Crippen LogP contribution in [-0.4, -0.2) is 6.18 Å². The van der Waals surface area contributed by atoms with Crippen LogP contribution in [0.3, 0.4) is 0 Å². The minimum atomic E-state index is -4.07. The van der Waals surface area contributed by atoms with Crippen molar-refractivity contribution in [3.05, 3.63) is 36.0 Å². The maximum absolute atomic E-state index is 13.0. The smallest absolute Gasteiger partial charge is 0.171 e. The standard InChI is InChI=1S/C16H21F3/c1-3-12-8-14(10-15(9-12)16(17,18)19)13-6-4-11(2)5-7-13/h3-4,6,12,14-15H,1,5,7-10H2,2H3. The average molecular weight is 270 g/mol. The first-order chi connectivity index (χ1) is 8.90. The van der Waals surface area contributed by atoms with Gasteiger partial charge in [0.15, 0.2) is 0 Å². The molecule has 1 fully saturated rings. The molecule has 2 aliphatic carbocycles. The third-order valence-electron chi connectivity index (χ3n) is 4.45. The van der Waals surface area contributed by atoms with Crippen LogP contribution in [0.5, 0.6) is 0 Å². The Morgan fingerprint density at radius 2 is 1.89 bits per heavy atom. The van der Waals surface area contributed by atoms with Crippen LogP contribution >= 0.6 is 0 Å². The van der Waals surface area contributed by atoms with Crippen molar-refractivity contribution < 1.29 is 13.2 Å². The average Bonchev–Trinajstić information content (AvgIpc) is 2.38. The van der Waals surface area contributed by atoms with Crippen molar-refractivity contribution in [3.8, 4) is 0 Å². The second-order valence-corrected chi connectivity index (χ2v) is 5.89. The summed E-state index contributed by atoms with van der Waals surface area (Å²) in [5.74, 6) is -1.09. The van der Waals surface area contributed by atoms with E-state index in [2.05, 4.69) is 19.6 Å². The molecule has 0 heterocycles. The fraction of sp³-hybridized carbons (Fsp3) is 0.625. The molecule has 0 spiro atoms. The number of alkyl halides is 3. The van der Waals surface area contributed by atoms with E-state index in [1.807, 2.05) is 6.08 Å². The lowest BCUT2D eigenvalue weighted by molar-refractivity contribution is -0.187. The van der Waals surface area contributed by atoms with E-state index >= 15 is 0 Å². The summed E-state index contributed by atoms with van der Waals surface area (Å²) in [7, 11) is 0. The molecule has 0 radical (unpaired) electrons. The number of hydrogen-bond donors (Lipinski definition) is 0. The van der Waals surface area contributed by atoms with E-state index in [4.69, 9.17) is 0 Å². The molecule has 3 heteroatoms. The highest BCUT2D eigenvalue weighted by Gasteiger charge is 2.44. The van der Waals surface area contributed by atoms with E-state index in [1.165, 1.54) is 11.1 Å². The minimum absolute atomic E-state index is 0.00159. The van der Waals surface area contributed by atoms with Gasteiger partial charge >= 0.3 is 6.18 Å². The zero-order valence-corrected chi connectivity index (χ0v) is 11.3. The van der Waals surface area contributed by atoms with Crippen molar-refractivity contribution in [1.82, 2.24) is 0 Å². The van der Waals surface area contributed by atoms with Crippen molar-refractivity contribution in [2.45, 2.75) is 45.2 Å². The molecule has 0 aliphatic heterocycles. The lowest BCUT2D eigenvalue weighted by Gasteiger charge is -2.36. The third-order valence-corrected chi connectivity index (χ3v) is 4.45. The Morgan fingerprint density at radius 3 is 2.42 bits per heavy atom. The molecular weight excluding hydrogens is 249 g/mol. The Bertz CT molecular complexity index is 401. The summed E-state index contributed by atoms with van der Waals surface area (Å²) >= 11 is 0. The summed E-state index contributed by atoms with van der Waals surface area (Å²) in [5.41, 5.74) is 2.51. The number of rotatable bonds is 2. The van der Waals surface area contributed by atoms with Crippen LogP contribution in [0.15, 0.2) is 36.0 Å². The second-order valence-electron chi connectivity index (χ2n) is 5.89. The van der Waals surface area contributed by atoms with Gasteiger partial charge in [-0.3, -0.25) is 0 Å². The van der Waals surface area contributed by atoms with Crippen molar-refractivity contribution >= 4 is 0 Å². The van der Waals surface area contributed by atoms with Gasteiger partial charge in [0.1, 0.15) is 0 Å². The van der Waals surface area contributed by atoms with Gasteiger partial charge in [0.2, 0.25) is 0 Å². The molecule has 0 N–H and O–H groups in total. The zero-order valence-electron chi connectivity index (χ0n) is 11.3. The van der Waals surface area contributed by atoms with Crippen LogP contribution in [0.2, 0.25) is 0 Å². The monoisotopic (exact) mass is 270 g/mol. The van der Waals surface area contributed by atoms with Crippen LogP contribution in [0.4, 0.5) is 13.2 Å². The van der Waals surface area contributed by atoms with Crippen molar-refractivity contribution in [1.29, 1.82) is 0 Å². The lowest BCUT2D eigenvalue weighted by atomic mass is 9.70. The number of allylic oxidation sites excluding steroid dienone is 5. The minimum Gasteiger partial charge on any atom is -0.171 e. The highest BCUT2D eigenvalue weighted by molar-refractivity contribution is 5.25. The van der Waals surface area contributed by atoms with Gasteiger partial charge in [0, 0.05) is 0 Å². The quantitative estimate of drug-likeness (QED) is 0.587. The summed E-state index contributed by atoms with van der Waals surface area (Å²) in [4.78, 5) is 0. The summed E-state index contributed by atoms with van der Waals surface area (Å²) in [6.45, 7) is 5.76. The molecule has 0 bridgehead atoms. The van der Waals surface area contributed by atoms with Crippen LogP contribution in [0, 0.1) is 17.8 Å². The Morgan fingerprint density at radius 1 is 1.16 bits per heavy atom. The highest BCUT2D eigenvalue weighted by atomic mass is 19.4. The maximum Gasteiger partial charge on any atom is 0.391 e. The molecule has 0 amide bonds. The normalized spacial score (nSPS) is 32.5. The van der Waals surface area contributed by atoms with Gasteiger partial charge in [-0.1, -0.05) is 29.4 Å². The summed E-state index contributed by atoms with van der Waals surface area (Å²) in [6.07, 6.45) is 4.93. The molecule has 106 valence electrons. The third kappa shape index (κ3) is 3.52. The SMILES string of the molecule is C=CC1CC(C2=CC=C(C)CC2)CC(C(F)(F)F)C1. The van der Waals surface area contributed by atoms with E-state index in [1.54, 1.807) is 6.08 Å². The Labute approximate surface area is 113 Å². The molecule has 3 atom stereocenters. The van der Waals surface area contributed by atoms with Crippen molar-refractivity contribution in [2.24, 2.45) is 17.8 Å². The zero-order chi connectivity index (χ0) is 14.0. The molecule has 0 aromatic carbocycles. The van der Waals surface area contributed by atoms with Gasteiger partial charge in [-0.25, -0.2) is 0 Å². The molecular formula is C16H21F3. The van der Waals surface area contributed by atoms with Crippen molar-refractivity contribution in [3.63, 3.8) is 0 Å². The maximum atomic E-state index is 13.0. The summed E-state index contributed by atoms with van der Waals surface area (Å²) < 4.78 is 39.0. The molecule has 2 aliphatic rings. The largest absolute Gasteiger partial charge is 0.391 e. The van der Waals surface area contributed by atoms with E-state index in [9.17, 15) is 13.2 Å². The topological polar surface area (TPSA) is 0 Å². The fourth-order valence-corrected chi connectivity index (χ4v) is 3.22. The first-order valence-corrected chi connectivity index (χ1v) is 6.95. The van der Waals surface area contributed by atoms with Gasteiger partial charge < -0.3 is 0 Å². The molecule has 3 unspecified atom stereocenters. The number of halogens is 3. The summed E-state index contributed by atoms with van der Waals surface area (Å²) in [5, 5.41) is 0. The predicted molar refractivity (Wildman–Crippen MR) is 71.6 cm³/mol. The van der Waals surface area contributed by atoms with E-state index < -0.39 is 12.1 Å². The van der Waals surface area contributed by atoms with Gasteiger partial charge in [-0.2, -0.15) is 13.2 Å². The molecule has 0 saturated heterocycles. The van der Waals surface area contributed by atoms with Crippen molar-refractivity contribution in [2.75, 3.05) is 0 Å². The van der Waals surface area contributed by atoms with Crippen LogP contribution in [0.1, 0.15) is 39.0 Å². The first kappa shape index (κ1) is 14.4. The molecule has 0 nitrogen and oxygen atoms in total. The highest BCUT2D eigenvalue weighted by Crippen LogP contribution is 2.46. The summed E-state index contributed by atoms with van der Waals surface area (Å²) in [6, 6.07) is 0. The Kier molecular flexibility index (Phi) is 4.22. The van der Waals surface area contributed by atoms with Gasteiger partial charge in [-0.15, -0.1) is 6.58 Å². The van der Waals surface area contributed by atoms with E-state index in [-0.39, 0.29) is 24.7 Å². The van der Waals surface area contributed by atoms with Crippen LogP contribution < -0.4 is 0 Å². The van der Waals surface area contributed by atoms with Gasteiger partial charge in [-0.05, 0) is 50.9 Å². The van der Waals surface area contributed by atoms with E-state index in [0.717, 1.165) is 19.3 Å². The fourth-order valence-electron chi connectivity index (χ4n) is 3.22. The second kappa shape index (κ2) is 5.56. The van der Waals surface area contributed by atoms with Crippen LogP contribution in [-0.2, 0) is 0 Å². The Balaban J connectivity index is 2.14. The van der Waals surface area contributed by atoms with Gasteiger partial charge in [0.05, 0.1) is 5.92 Å².